The third-order valence-corrected chi connectivity index (χ3v) is 6.87. The molecule has 0 saturated heterocycles. The number of nitrogens with zero attached hydrogens (tertiary/aromatic N) is 3. The van der Waals surface area contributed by atoms with Gasteiger partial charge in [-0.25, -0.2) is 4.68 Å². The van der Waals surface area contributed by atoms with Crippen LogP contribution in [0.25, 0.3) is 10.6 Å². The van der Waals surface area contributed by atoms with Gasteiger partial charge in [-0.1, -0.05) is 0 Å². The van der Waals surface area contributed by atoms with E-state index >= 15 is 0 Å². The molecule has 4 rings (SSSR count). The number of hydrogen-bond donors (Lipinski definition) is 0. The first-order valence-corrected chi connectivity index (χ1v) is 11.5. The molecule has 1 aliphatic rings. The summed E-state index contributed by atoms with van der Waals surface area (Å²) in [4.78, 5) is 6.84. The van der Waals surface area contributed by atoms with E-state index in [1.165, 1.54) is 0 Å². The van der Waals surface area contributed by atoms with Crippen molar-refractivity contribution in [1.29, 1.82) is 0 Å². The number of aromatic nitrogens is 1. The van der Waals surface area contributed by atoms with E-state index in [4.69, 9.17) is 24.3 Å². The number of halogens is 1. The van der Waals surface area contributed by atoms with E-state index in [9.17, 15) is 0 Å². The molecule has 0 aliphatic heterocycles. The van der Waals surface area contributed by atoms with Crippen molar-refractivity contribution in [3.8, 4) is 27.8 Å². The van der Waals surface area contributed by atoms with Crippen molar-refractivity contribution in [1.82, 2.24) is 4.68 Å². The predicted molar refractivity (Wildman–Crippen MR) is 121 cm³/mol. The molecule has 152 valence electrons. The third-order valence-electron chi connectivity index (χ3n) is 4.40. The highest BCUT2D eigenvalue weighted by Gasteiger charge is 2.21. The number of thiazole rings is 1. The number of thiophene rings is 1. The molecule has 0 spiro atoms. The zero-order valence-electron chi connectivity index (χ0n) is 16.2. The SMILES string of the molecule is COc1ccc(C=Nn2c(-c3ccc(Br)s3)csc2=NC2CC2)c(OC)c1OC. The minimum atomic E-state index is 0.411. The minimum Gasteiger partial charge on any atom is -0.493 e. The lowest BCUT2D eigenvalue weighted by Gasteiger charge is -2.13. The predicted octanol–water partition coefficient (Wildman–Crippen LogP) is 5.01. The van der Waals surface area contributed by atoms with Crippen molar-refractivity contribution >= 4 is 44.8 Å². The number of ether oxygens (including phenoxy) is 3. The van der Waals surface area contributed by atoms with Crippen LogP contribution >= 0.6 is 38.6 Å². The Labute approximate surface area is 185 Å². The second-order valence-corrected chi connectivity index (χ2v) is 9.65. The van der Waals surface area contributed by atoms with E-state index in [0.717, 1.165) is 37.6 Å². The maximum Gasteiger partial charge on any atom is 0.206 e. The van der Waals surface area contributed by atoms with Gasteiger partial charge >= 0.3 is 0 Å². The maximum absolute atomic E-state index is 5.57. The summed E-state index contributed by atoms with van der Waals surface area (Å²) in [5.41, 5.74) is 1.81. The van der Waals surface area contributed by atoms with E-state index in [2.05, 4.69) is 27.4 Å². The fourth-order valence-corrected chi connectivity index (χ4v) is 5.19. The van der Waals surface area contributed by atoms with Gasteiger partial charge in [-0.3, -0.25) is 4.99 Å². The monoisotopic (exact) mass is 493 g/mol. The van der Waals surface area contributed by atoms with Crippen LogP contribution in [-0.4, -0.2) is 38.3 Å². The first-order valence-electron chi connectivity index (χ1n) is 8.98. The van der Waals surface area contributed by atoms with Crippen molar-refractivity contribution in [3.05, 3.63) is 43.8 Å². The highest BCUT2D eigenvalue weighted by atomic mass is 79.9. The smallest absolute Gasteiger partial charge is 0.206 e. The molecule has 1 fully saturated rings. The van der Waals surface area contributed by atoms with Crippen molar-refractivity contribution in [2.24, 2.45) is 10.1 Å². The topological polar surface area (TPSA) is 57.3 Å². The molecule has 0 radical (unpaired) electrons. The summed E-state index contributed by atoms with van der Waals surface area (Å²) in [6, 6.07) is 8.28. The maximum atomic E-state index is 5.57. The Kier molecular flexibility index (Phi) is 6.07. The molecule has 1 saturated carbocycles. The summed E-state index contributed by atoms with van der Waals surface area (Å²) in [7, 11) is 4.80. The molecule has 1 aromatic carbocycles. The number of hydrogen-bond acceptors (Lipinski definition) is 7. The standard InChI is InChI=1S/C20H20BrN3O3S2/c1-25-15-7-4-12(18(26-2)19(15)27-3)10-22-24-14(16-8-9-17(21)29-16)11-28-20(24)23-13-5-6-13/h4,7-11,13H,5-6H2,1-3H3. The molecule has 0 N–H and O–H groups in total. The van der Waals surface area contributed by atoms with Gasteiger partial charge in [0.25, 0.3) is 0 Å². The van der Waals surface area contributed by atoms with Gasteiger partial charge in [-0.15, -0.1) is 22.7 Å². The van der Waals surface area contributed by atoms with Gasteiger partial charge in [0.15, 0.2) is 11.5 Å². The van der Waals surface area contributed by atoms with E-state index in [0.29, 0.717) is 23.3 Å². The molecule has 2 aromatic heterocycles. The fraction of sp³-hybridized carbons (Fsp3) is 0.300. The lowest BCUT2D eigenvalue weighted by atomic mass is 10.2. The summed E-state index contributed by atoms with van der Waals surface area (Å²) in [5.74, 6) is 1.73. The van der Waals surface area contributed by atoms with Gasteiger partial charge in [-0.2, -0.15) is 5.10 Å². The number of benzene rings is 1. The second-order valence-electron chi connectivity index (χ2n) is 6.35. The second kappa shape index (κ2) is 8.73. The van der Waals surface area contributed by atoms with Crippen LogP contribution in [0.2, 0.25) is 0 Å². The van der Waals surface area contributed by atoms with Gasteiger partial charge < -0.3 is 14.2 Å². The Morgan fingerprint density at radius 3 is 2.48 bits per heavy atom. The van der Waals surface area contributed by atoms with Gasteiger partial charge in [0, 0.05) is 10.9 Å². The average Bonchev–Trinajstić information content (AvgIpc) is 3.31. The highest BCUT2D eigenvalue weighted by molar-refractivity contribution is 9.11. The summed E-state index contributed by atoms with van der Waals surface area (Å²) < 4.78 is 19.4. The van der Waals surface area contributed by atoms with Gasteiger partial charge in [-0.05, 0) is 53.0 Å². The molecular weight excluding hydrogens is 474 g/mol. The number of rotatable bonds is 7. The summed E-state index contributed by atoms with van der Waals surface area (Å²) in [6.45, 7) is 0. The molecule has 6 nitrogen and oxygen atoms in total. The molecule has 9 heteroatoms. The molecule has 0 bridgehead atoms. The minimum absolute atomic E-state index is 0.411. The Morgan fingerprint density at radius 2 is 1.86 bits per heavy atom. The lowest BCUT2D eigenvalue weighted by Crippen LogP contribution is -2.13. The van der Waals surface area contributed by atoms with Gasteiger partial charge in [0.2, 0.25) is 10.6 Å². The van der Waals surface area contributed by atoms with Crippen LogP contribution in [0, 0.1) is 0 Å². The normalized spacial score (nSPS) is 14.6. The lowest BCUT2D eigenvalue weighted by molar-refractivity contribution is 0.324. The van der Waals surface area contributed by atoms with Crippen molar-refractivity contribution in [2.45, 2.75) is 18.9 Å². The molecule has 0 amide bonds. The van der Waals surface area contributed by atoms with Crippen LogP contribution in [0.4, 0.5) is 0 Å². The van der Waals surface area contributed by atoms with Gasteiger partial charge in [0.05, 0.1) is 47.9 Å². The summed E-state index contributed by atoms with van der Waals surface area (Å²) >= 11 is 6.82. The molecule has 0 atom stereocenters. The summed E-state index contributed by atoms with van der Waals surface area (Å²) in [6.07, 6.45) is 4.06. The van der Waals surface area contributed by atoms with E-state index < -0.39 is 0 Å². The fourth-order valence-electron chi connectivity index (χ4n) is 2.83. The van der Waals surface area contributed by atoms with Crippen LogP contribution in [0.1, 0.15) is 18.4 Å². The largest absolute Gasteiger partial charge is 0.493 e. The molecule has 29 heavy (non-hydrogen) atoms. The summed E-state index contributed by atoms with van der Waals surface area (Å²) in [5, 5.41) is 6.87. The van der Waals surface area contributed by atoms with Gasteiger partial charge in [0.1, 0.15) is 0 Å². The van der Waals surface area contributed by atoms with Crippen LogP contribution in [0.5, 0.6) is 17.2 Å². The quantitative estimate of drug-likeness (QED) is 0.434. The Balaban J connectivity index is 1.80. The molecule has 0 unspecified atom stereocenters. The third kappa shape index (κ3) is 4.26. The molecule has 1 aliphatic carbocycles. The van der Waals surface area contributed by atoms with Crippen LogP contribution in [0.15, 0.2) is 43.5 Å². The van der Waals surface area contributed by atoms with Crippen molar-refractivity contribution in [3.63, 3.8) is 0 Å². The molecular formula is C20H20BrN3O3S2. The Hall–Kier alpha value is -2.10. The van der Waals surface area contributed by atoms with Crippen molar-refractivity contribution < 1.29 is 14.2 Å². The molecule has 3 aromatic rings. The van der Waals surface area contributed by atoms with Crippen molar-refractivity contribution in [2.75, 3.05) is 21.3 Å². The van der Waals surface area contributed by atoms with E-state index in [-0.39, 0.29) is 0 Å². The first kappa shape index (κ1) is 20.2. The van der Waals surface area contributed by atoms with E-state index in [1.807, 2.05) is 22.9 Å². The Bertz CT molecular complexity index is 1110. The van der Waals surface area contributed by atoms with E-state index in [1.54, 1.807) is 50.2 Å². The zero-order valence-corrected chi connectivity index (χ0v) is 19.4. The first-order chi connectivity index (χ1) is 14.1. The zero-order chi connectivity index (χ0) is 20.4. The number of methoxy groups -OCH3 is 3. The molecule has 2 heterocycles. The van der Waals surface area contributed by atoms with Crippen LogP contribution in [0.3, 0.4) is 0 Å². The average molecular weight is 494 g/mol. The van der Waals surface area contributed by atoms with Crippen LogP contribution < -0.4 is 19.0 Å². The Morgan fingerprint density at radius 1 is 1.07 bits per heavy atom. The van der Waals surface area contributed by atoms with Crippen LogP contribution in [-0.2, 0) is 0 Å². The highest BCUT2D eigenvalue weighted by Crippen LogP contribution is 2.39.